The molecule has 0 bridgehead atoms. The first-order valence-electron chi connectivity index (χ1n) is 7.34. The Bertz CT molecular complexity index is 677. The van der Waals surface area contributed by atoms with Gasteiger partial charge >= 0.3 is 0 Å². The van der Waals surface area contributed by atoms with Crippen LogP contribution < -0.4 is 0 Å². The fourth-order valence-corrected chi connectivity index (χ4v) is 3.46. The van der Waals surface area contributed by atoms with Crippen LogP contribution in [0.1, 0.15) is 24.0 Å². The minimum absolute atomic E-state index is 0.389. The van der Waals surface area contributed by atoms with Crippen LogP contribution in [0.5, 0.6) is 0 Å². The summed E-state index contributed by atoms with van der Waals surface area (Å²) in [6.45, 7) is 2.76. The number of pyridine rings is 1. The van der Waals surface area contributed by atoms with Gasteiger partial charge in [0.25, 0.3) is 0 Å². The van der Waals surface area contributed by atoms with E-state index in [1.807, 2.05) is 13.0 Å². The maximum absolute atomic E-state index is 11.5. The van der Waals surface area contributed by atoms with E-state index in [9.17, 15) is 5.11 Å². The van der Waals surface area contributed by atoms with Gasteiger partial charge in [0.1, 0.15) is 5.60 Å². The second-order valence-corrected chi connectivity index (χ2v) is 6.37. The van der Waals surface area contributed by atoms with Gasteiger partial charge in [-0.2, -0.15) is 0 Å². The largest absolute Gasteiger partial charge is 0.379 e. The Morgan fingerprint density at radius 1 is 1.26 bits per heavy atom. The summed E-state index contributed by atoms with van der Waals surface area (Å²) in [5, 5.41) is 12.6. The monoisotopic (exact) mass is 353 g/mol. The summed E-state index contributed by atoms with van der Waals surface area (Å²) in [5.41, 5.74) is -0.0330. The normalized spacial score (nSPS) is 19.5. The van der Waals surface area contributed by atoms with Crippen molar-refractivity contribution in [3.8, 4) is 0 Å². The molecule has 2 heterocycles. The molecule has 1 aliphatic heterocycles. The van der Waals surface area contributed by atoms with E-state index in [4.69, 9.17) is 32.7 Å². The Hall–Kier alpha value is -1.17. The molecule has 1 N–H and O–H groups in total. The van der Waals surface area contributed by atoms with Gasteiger partial charge in [-0.15, -0.1) is 0 Å². The highest BCUT2D eigenvalue weighted by Crippen LogP contribution is 2.44. The van der Waals surface area contributed by atoms with Crippen LogP contribution in [0.2, 0.25) is 10.0 Å². The molecule has 0 saturated carbocycles. The summed E-state index contributed by atoms with van der Waals surface area (Å²) < 4.78 is 11.2. The van der Waals surface area contributed by atoms with E-state index in [1.165, 1.54) is 0 Å². The molecule has 2 atom stereocenters. The van der Waals surface area contributed by atoms with Gasteiger partial charge in [-0.05, 0) is 23.8 Å². The molecule has 1 aromatic carbocycles. The standard InChI is InChI=1S/C17H17Cl2NO3/c1-11(14-5-4-13(18)9-15(14)19)17(21,16-22-7-8-23-16)12-3-2-6-20-10-12/h2-6,9-11,16,21H,7-8H2,1H3. The zero-order chi connectivity index (χ0) is 16.4. The molecule has 0 spiro atoms. The fourth-order valence-electron chi connectivity index (χ4n) is 2.89. The average molecular weight is 354 g/mol. The quantitative estimate of drug-likeness (QED) is 0.909. The van der Waals surface area contributed by atoms with E-state index in [0.29, 0.717) is 28.8 Å². The van der Waals surface area contributed by atoms with Gasteiger partial charge in [0, 0.05) is 33.9 Å². The van der Waals surface area contributed by atoms with E-state index in [-0.39, 0.29) is 5.92 Å². The van der Waals surface area contributed by atoms with Crippen LogP contribution in [0, 0.1) is 0 Å². The number of benzene rings is 1. The Morgan fingerprint density at radius 3 is 2.61 bits per heavy atom. The lowest BCUT2D eigenvalue weighted by Gasteiger charge is -2.38. The first kappa shape index (κ1) is 16.7. The van der Waals surface area contributed by atoms with Crippen LogP contribution in [0.25, 0.3) is 0 Å². The minimum atomic E-state index is -1.41. The lowest BCUT2D eigenvalue weighted by Crippen LogP contribution is -2.45. The first-order valence-corrected chi connectivity index (χ1v) is 8.10. The van der Waals surface area contributed by atoms with E-state index in [1.54, 1.807) is 36.7 Å². The lowest BCUT2D eigenvalue weighted by atomic mass is 9.78. The van der Waals surface area contributed by atoms with Crippen LogP contribution in [0.15, 0.2) is 42.7 Å². The van der Waals surface area contributed by atoms with E-state index < -0.39 is 11.9 Å². The van der Waals surface area contributed by atoms with Crippen molar-refractivity contribution in [3.05, 3.63) is 63.9 Å². The van der Waals surface area contributed by atoms with Crippen molar-refractivity contribution in [2.75, 3.05) is 13.2 Å². The molecule has 0 aliphatic carbocycles. The summed E-state index contributed by atoms with van der Waals surface area (Å²) in [7, 11) is 0. The number of aliphatic hydroxyl groups is 1. The number of hydrogen-bond acceptors (Lipinski definition) is 4. The van der Waals surface area contributed by atoms with E-state index in [2.05, 4.69) is 4.98 Å². The molecule has 3 rings (SSSR count). The van der Waals surface area contributed by atoms with Gasteiger partial charge < -0.3 is 14.6 Å². The average Bonchev–Trinajstić information content (AvgIpc) is 3.09. The molecule has 122 valence electrons. The smallest absolute Gasteiger partial charge is 0.191 e. The predicted octanol–water partition coefficient (Wildman–Crippen LogP) is 3.75. The number of ether oxygens (including phenoxy) is 2. The number of aromatic nitrogens is 1. The number of halogens is 2. The molecule has 1 aliphatic rings. The Balaban J connectivity index is 2.07. The minimum Gasteiger partial charge on any atom is -0.379 e. The molecule has 1 saturated heterocycles. The van der Waals surface area contributed by atoms with Crippen LogP contribution in [0.4, 0.5) is 0 Å². The Kier molecular flexibility index (Phi) is 4.90. The van der Waals surface area contributed by atoms with Crippen LogP contribution in [0.3, 0.4) is 0 Å². The van der Waals surface area contributed by atoms with E-state index in [0.717, 1.165) is 5.56 Å². The molecule has 23 heavy (non-hydrogen) atoms. The maximum Gasteiger partial charge on any atom is 0.191 e. The summed E-state index contributed by atoms with van der Waals surface area (Å²) in [6.07, 6.45) is 2.49. The zero-order valence-corrected chi connectivity index (χ0v) is 14.1. The zero-order valence-electron chi connectivity index (χ0n) is 12.6. The molecule has 1 fully saturated rings. The van der Waals surface area contributed by atoms with Crippen LogP contribution >= 0.6 is 23.2 Å². The molecule has 4 nitrogen and oxygen atoms in total. The molecule has 6 heteroatoms. The Morgan fingerprint density at radius 2 is 2.00 bits per heavy atom. The van der Waals surface area contributed by atoms with Crippen molar-refractivity contribution >= 4 is 23.2 Å². The maximum atomic E-state index is 11.5. The summed E-state index contributed by atoms with van der Waals surface area (Å²) in [6, 6.07) is 8.80. The topological polar surface area (TPSA) is 51.6 Å². The van der Waals surface area contributed by atoms with Crippen LogP contribution in [-0.2, 0) is 15.1 Å². The molecule has 1 aromatic heterocycles. The van der Waals surface area contributed by atoms with Crippen molar-refractivity contribution in [1.29, 1.82) is 0 Å². The fraction of sp³-hybridized carbons (Fsp3) is 0.353. The third kappa shape index (κ3) is 3.10. The second kappa shape index (κ2) is 6.75. The molecule has 0 amide bonds. The van der Waals surface area contributed by atoms with Gasteiger partial charge in [0.15, 0.2) is 6.29 Å². The van der Waals surface area contributed by atoms with Gasteiger partial charge in [-0.25, -0.2) is 0 Å². The Labute approximate surface area is 145 Å². The lowest BCUT2D eigenvalue weighted by molar-refractivity contribution is -0.196. The molecular weight excluding hydrogens is 337 g/mol. The van der Waals surface area contributed by atoms with Gasteiger partial charge in [0.2, 0.25) is 0 Å². The van der Waals surface area contributed by atoms with Crippen LogP contribution in [-0.4, -0.2) is 29.6 Å². The highest BCUT2D eigenvalue weighted by molar-refractivity contribution is 6.35. The van der Waals surface area contributed by atoms with Gasteiger partial charge in [0.05, 0.1) is 13.2 Å². The number of nitrogens with zero attached hydrogens (tertiary/aromatic N) is 1. The van der Waals surface area contributed by atoms with Crippen molar-refractivity contribution in [3.63, 3.8) is 0 Å². The first-order chi connectivity index (χ1) is 11.0. The molecular formula is C17H17Cl2NO3. The number of hydrogen-bond donors (Lipinski definition) is 1. The highest BCUT2D eigenvalue weighted by atomic mass is 35.5. The SMILES string of the molecule is CC(c1ccc(Cl)cc1Cl)C(O)(c1cccnc1)C1OCCO1. The van der Waals surface area contributed by atoms with Crippen molar-refractivity contribution in [2.24, 2.45) is 0 Å². The van der Waals surface area contributed by atoms with Crippen molar-refractivity contribution in [1.82, 2.24) is 4.98 Å². The number of rotatable bonds is 4. The summed E-state index contributed by atoms with van der Waals surface area (Å²) in [4.78, 5) is 4.11. The third-order valence-corrected chi connectivity index (χ3v) is 4.76. The summed E-state index contributed by atoms with van der Waals surface area (Å²) >= 11 is 12.3. The van der Waals surface area contributed by atoms with Crippen molar-refractivity contribution in [2.45, 2.75) is 24.7 Å². The highest BCUT2D eigenvalue weighted by Gasteiger charge is 2.48. The molecule has 0 radical (unpaired) electrons. The predicted molar refractivity (Wildman–Crippen MR) is 88.7 cm³/mol. The van der Waals surface area contributed by atoms with Gasteiger partial charge in [-0.3, -0.25) is 4.98 Å². The molecule has 2 unspecified atom stereocenters. The van der Waals surface area contributed by atoms with Crippen molar-refractivity contribution < 1.29 is 14.6 Å². The third-order valence-electron chi connectivity index (χ3n) is 4.19. The summed E-state index contributed by atoms with van der Waals surface area (Å²) in [5.74, 6) is -0.389. The second-order valence-electron chi connectivity index (χ2n) is 5.53. The molecule has 2 aromatic rings. The van der Waals surface area contributed by atoms with E-state index >= 15 is 0 Å². The van der Waals surface area contributed by atoms with Gasteiger partial charge in [-0.1, -0.05) is 42.3 Å².